The van der Waals surface area contributed by atoms with Crippen molar-refractivity contribution < 1.29 is 5.11 Å². The predicted octanol–water partition coefficient (Wildman–Crippen LogP) is 4.15. The number of allylic oxidation sites excluding steroid dienone is 2. The van der Waals surface area contributed by atoms with E-state index >= 15 is 0 Å². The van der Waals surface area contributed by atoms with E-state index in [0.29, 0.717) is 12.2 Å². The molecule has 0 spiro atoms. The van der Waals surface area contributed by atoms with Crippen molar-refractivity contribution in [3.05, 3.63) is 54.1 Å². The Labute approximate surface area is 104 Å². The Morgan fingerprint density at radius 1 is 1.12 bits per heavy atom. The Bertz CT molecular complexity index is 422. The highest BCUT2D eigenvalue weighted by Crippen LogP contribution is 2.35. The molecule has 0 bridgehead atoms. The first-order valence-corrected chi connectivity index (χ1v) is 5.97. The monoisotopic (exact) mass is 230 g/mol. The van der Waals surface area contributed by atoms with Crippen LogP contribution in [0.15, 0.2) is 37.4 Å². The number of phenols is 1. The quantitative estimate of drug-likeness (QED) is 0.770. The molecule has 0 aliphatic heterocycles. The minimum absolute atomic E-state index is 0.0583. The van der Waals surface area contributed by atoms with Crippen molar-refractivity contribution in [3.63, 3.8) is 0 Å². The van der Waals surface area contributed by atoms with Gasteiger partial charge in [-0.15, -0.1) is 13.2 Å². The molecular formula is C16H22O. The molecule has 0 aliphatic carbocycles. The van der Waals surface area contributed by atoms with Crippen molar-refractivity contribution in [2.24, 2.45) is 0 Å². The average molecular weight is 230 g/mol. The molecule has 1 N–H and O–H groups in total. The predicted molar refractivity (Wildman–Crippen MR) is 74.6 cm³/mol. The highest BCUT2D eigenvalue weighted by Gasteiger charge is 2.20. The van der Waals surface area contributed by atoms with Crippen LogP contribution in [-0.2, 0) is 18.3 Å². The van der Waals surface area contributed by atoms with E-state index < -0.39 is 0 Å². The van der Waals surface area contributed by atoms with Crippen molar-refractivity contribution in [1.29, 1.82) is 0 Å². The summed E-state index contributed by atoms with van der Waals surface area (Å²) in [6.45, 7) is 13.8. The van der Waals surface area contributed by atoms with Crippen LogP contribution in [0.4, 0.5) is 0 Å². The second-order valence-corrected chi connectivity index (χ2v) is 5.39. The van der Waals surface area contributed by atoms with Gasteiger partial charge in [0.25, 0.3) is 0 Å². The van der Waals surface area contributed by atoms with Crippen LogP contribution in [0.3, 0.4) is 0 Å². The third-order valence-corrected chi connectivity index (χ3v) is 2.80. The van der Waals surface area contributed by atoms with Crippen molar-refractivity contribution >= 4 is 0 Å². The molecule has 0 saturated carbocycles. The number of hydrogen-bond donors (Lipinski definition) is 1. The lowest BCUT2D eigenvalue weighted by Crippen LogP contribution is -2.13. The standard InChI is InChI=1S/C16H22O/c1-6-8-12-10-13(9-7-2)15(17)14(11-12)16(3,4)5/h6-7,10-11,17H,1-2,8-9H2,3-5H3. The number of rotatable bonds is 4. The van der Waals surface area contributed by atoms with Crippen LogP contribution in [0.2, 0.25) is 0 Å². The fourth-order valence-electron chi connectivity index (χ4n) is 1.93. The number of benzene rings is 1. The number of hydrogen-bond acceptors (Lipinski definition) is 1. The lowest BCUT2D eigenvalue weighted by molar-refractivity contribution is 0.441. The van der Waals surface area contributed by atoms with Crippen molar-refractivity contribution in [2.75, 3.05) is 0 Å². The van der Waals surface area contributed by atoms with Crippen LogP contribution in [0.5, 0.6) is 5.75 Å². The molecule has 0 fully saturated rings. The van der Waals surface area contributed by atoms with Gasteiger partial charge in [0.05, 0.1) is 0 Å². The molecule has 92 valence electrons. The Balaban J connectivity index is 3.36. The van der Waals surface area contributed by atoms with Gasteiger partial charge in [-0.05, 0) is 34.9 Å². The van der Waals surface area contributed by atoms with Gasteiger partial charge >= 0.3 is 0 Å². The summed E-state index contributed by atoms with van der Waals surface area (Å²) >= 11 is 0. The molecular weight excluding hydrogens is 208 g/mol. The summed E-state index contributed by atoms with van der Waals surface area (Å²) in [4.78, 5) is 0. The van der Waals surface area contributed by atoms with Crippen LogP contribution in [0, 0.1) is 0 Å². The molecule has 0 radical (unpaired) electrons. The summed E-state index contributed by atoms with van der Waals surface area (Å²) < 4.78 is 0. The maximum Gasteiger partial charge on any atom is 0.122 e. The van der Waals surface area contributed by atoms with Crippen molar-refractivity contribution in [1.82, 2.24) is 0 Å². The molecule has 0 saturated heterocycles. The topological polar surface area (TPSA) is 20.2 Å². The fourth-order valence-corrected chi connectivity index (χ4v) is 1.93. The maximum absolute atomic E-state index is 10.3. The van der Waals surface area contributed by atoms with Gasteiger partial charge in [-0.25, -0.2) is 0 Å². The Hall–Kier alpha value is -1.50. The Kier molecular flexibility index (Phi) is 4.17. The zero-order valence-corrected chi connectivity index (χ0v) is 11.1. The summed E-state index contributed by atoms with van der Waals surface area (Å²) in [6.07, 6.45) is 5.23. The van der Waals surface area contributed by atoms with E-state index in [0.717, 1.165) is 17.5 Å². The van der Waals surface area contributed by atoms with E-state index in [1.165, 1.54) is 5.56 Å². The van der Waals surface area contributed by atoms with Crippen molar-refractivity contribution in [3.8, 4) is 5.75 Å². The molecule has 0 aliphatic rings. The molecule has 1 aromatic rings. The van der Waals surface area contributed by atoms with E-state index in [1.807, 2.05) is 18.2 Å². The average Bonchev–Trinajstić information content (AvgIpc) is 2.21. The van der Waals surface area contributed by atoms with Gasteiger partial charge in [-0.2, -0.15) is 0 Å². The molecule has 1 aromatic carbocycles. The normalized spacial score (nSPS) is 11.2. The maximum atomic E-state index is 10.3. The highest BCUT2D eigenvalue weighted by molar-refractivity contribution is 5.48. The first-order chi connectivity index (χ1) is 7.90. The van der Waals surface area contributed by atoms with Crippen LogP contribution in [0.1, 0.15) is 37.5 Å². The van der Waals surface area contributed by atoms with Gasteiger partial charge in [-0.3, -0.25) is 0 Å². The van der Waals surface area contributed by atoms with Crippen LogP contribution < -0.4 is 0 Å². The minimum Gasteiger partial charge on any atom is -0.507 e. The first-order valence-electron chi connectivity index (χ1n) is 5.97. The van der Waals surface area contributed by atoms with E-state index in [9.17, 15) is 5.11 Å². The van der Waals surface area contributed by atoms with Gasteiger partial charge in [-0.1, -0.05) is 45.1 Å². The highest BCUT2D eigenvalue weighted by atomic mass is 16.3. The molecule has 0 heterocycles. The van der Waals surface area contributed by atoms with E-state index in [1.54, 1.807) is 0 Å². The van der Waals surface area contributed by atoms with E-state index in [2.05, 4.69) is 40.0 Å². The molecule has 1 rings (SSSR count). The molecule has 0 amide bonds. The van der Waals surface area contributed by atoms with E-state index in [-0.39, 0.29) is 5.41 Å². The summed E-state index contributed by atoms with van der Waals surface area (Å²) in [7, 11) is 0. The first kappa shape index (κ1) is 13.6. The van der Waals surface area contributed by atoms with Crippen LogP contribution in [0.25, 0.3) is 0 Å². The second kappa shape index (κ2) is 5.22. The second-order valence-electron chi connectivity index (χ2n) is 5.39. The number of phenolic OH excluding ortho intramolecular Hbond substituents is 1. The lowest BCUT2D eigenvalue weighted by Gasteiger charge is -2.23. The SMILES string of the molecule is C=CCc1cc(CC=C)c(O)c(C(C)(C)C)c1. The minimum atomic E-state index is -0.0583. The molecule has 0 aromatic heterocycles. The fraction of sp³-hybridized carbons (Fsp3) is 0.375. The van der Waals surface area contributed by atoms with Crippen LogP contribution in [-0.4, -0.2) is 5.11 Å². The molecule has 1 nitrogen and oxygen atoms in total. The van der Waals surface area contributed by atoms with Gasteiger partial charge < -0.3 is 5.11 Å². The smallest absolute Gasteiger partial charge is 0.122 e. The summed E-state index contributed by atoms with van der Waals surface area (Å²) in [5.74, 6) is 0.408. The zero-order valence-electron chi connectivity index (χ0n) is 11.1. The largest absolute Gasteiger partial charge is 0.507 e. The molecule has 17 heavy (non-hydrogen) atoms. The van der Waals surface area contributed by atoms with E-state index in [4.69, 9.17) is 0 Å². The van der Waals surface area contributed by atoms with Gasteiger partial charge in [0, 0.05) is 0 Å². The summed E-state index contributed by atoms with van der Waals surface area (Å²) in [6, 6.07) is 4.11. The molecule has 0 atom stereocenters. The van der Waals surface area contributed by atoms with Gasteiger partial charge in [0.15, 0.2) is 0 Å². The van der Waals surface area contributed by atoms with Crippen LogP contribution >= 0.6 is 0 Å². The molecule has 0 unspecified atom stereocenters. The Morgan fingerprint density at radius 3 is 2.18 bits per heavy atom. The molecule has 1 heteroatoms. The van der Waals surface area contributed by atoms with Crippen molar-refractivity contribution in [2.45, 2.75) is 39.0 Å². The Morgan fingerprint density at radius 2 is 1.71 bits per heavy atom. The summed E-state index contributed by atoms with van der Waals surface area (Å²) in [5.41, 5.74) is 3.08. The lowest BCUT2D eigenvalue weighted by atomic mass is 9.83. The summed E-state index contributed by atoms with van der Waals surface area (Å²) in [5, 5.41) is 10.3. The third kappa shape index (κ3) is 3.23. The van der Waals surface area contributed by atoms with Gasteiger partial charge in [0.2, 0.25) is 0 Å². The third-order valence-electron chi connectivity index (χ3n) is 2.80. The number of aromatic hydroxyl groups is 1. The van der Waals surface area contributed by atoms with Gasteiger partial charge in [0.1, 0.15) is 5.75 Å². The zero-order chi connectivity index (χ0) is 13.1.